The Labute approximate surface area is 200 Å². The highest BCUT2D eigenvalue weighted by molar-refractivity contribution is 14.0. The van der Waals surface area contributed by atoms with E-state index in [1.54, 1.807) is 4.90 Å². The van der Waals surface area contributed by atoms with Crippen LogP contribution in [0.1, 0.15) is 47.0 Å². The lowest BCUT2D eigenvalue weighted by Crippen LogP contribution is -2.52. The van der Waals surface area contributed by atoms with Crippen LogP contribution in [-0.2, 0) is 4.74 Å². The van der Waals surface area contributed by atoms with Gasteiger partial charge in [-0.15, -0.1) is 24.0 Å². The second kappa shape index (κ2) is 13.6. The summed E-state index contributed by atoms with van der Waals surface area (Å²) in [5.74, 6) is 0.895. The molecule has 0 bridgehead atoms. The average Bonchev–Trinajstić information content (AvgIpc) is 2.68. The van der Waals surface area contributed by atoms with Gasteiger partial charge in [-0.05, 0) is 46.6 Å². The van der Waals surface area contributed by atoms with Crippen molar-refractivity contribution in [2.45, 2.75) is 58.6 Å². The first-order chi connectivity index (χ1) is 13.8. The van der Waals surface area contributed by atoms with Crippen molar-refractivity contribution in [3.8, 4) is 0 Å². The summed E-state index contributed by atoms with van der Waals surface area (Å²) in [5, 5.41) is 7.02. The maximum Gasteiger partial charge on any atom is 0.410 e. The molecule has 0 aromatic carbocycles. The van der Waals surface area contributed by atoms with Gasteiger partial charge in [0, 0.05) is 65.4 Å². The monoisotopic (exact) mass is 538 g/mol. The molecule has 0 radical (unpaired) electrons. The first-order valence-electron chi connectivity index (χ1n) is 11.2. The highest BCUT2D eigenvalue weighted by Crippen LogP contribution is 2.12. The van der Waals surface area contributed by atoms with Crippen molar-refractivity contribution < 1.29 is 9.53 Å². The fourth-order valence-electron chi connectivity index (χ4n) is 3.82. The highest BCUT2D eigenvalue weighted by Gasteiger charge is 2.25. The van der Waals surface area contributed by atoms with Gasteiger partial charge >= 0.3 is 6.09 Å². The van der Waals surface area contributed by atoms with Gasteiger partial charge in [0.2, 0.25) is 0 Å². The van der Waals surface area contributed by atoms with E-state index in [1.807, 2.05) is 27.8 Å². The van der Waals surface area contributed by atoms with Crippen molar-refractivity contribution in [2.24, 2.45) is 4.99 Å². The second-order valence-electron chi connectivity index (χ2n) is 9.07. The number of hydrogen-bond donors (Lipinski definition) is 2. The number of nitrogens with zero attached hydrogens (tertiary/aromatic N) is 4. The summed E-state index contributed by atoms with van der Waals surface area (Å²) in [6.45, 7) is 16.5. The second-order valence-corrected chi connectivity index (χ2v) is 9.07. The Morgan fingerprint density at radius 2 is 1.63 bits per heavy atom. The van der Waals surface area contributed by atoms with Crippen molar-refractivity contribution in [3.63, 3.8) is 0 Å². The number of amides is 1. The van der Waals surface area contributed by atoms with Gasteiger partial charge in [-0.3, -0.25) is 9.89 Å². The van der Waals surface area contributed by atoms with Crippen LogP contribution in [0.15, 0.2) is 4.99 Å². The Morgan fingerprint density at radius 1 is 1.03 bits per heavy atom. The van der Waals surface area contributed by atoms with Crippen LogP contribution in [0.4, 0.5) is 4.79 Å². The molecule has 0 aromatic rings. The number of piperazine rings is 1. The van der Waals surface area contributed by atoms with Gasteiger partial charge in [-0.25, -0.2) is 4.79 Å². The maximum absolute atomic E-state index is 12.2. The topological polar surface area (TPSA) is 72.4 Å². The predicted octanol–water partition coefficient (Wildman–Crippen LogP) is 2.20. The number of halogens is 1. The molecule has 2 rings (SSSR count). The van der Waals surface area contributed by atoms with Crippen LogP contribution in [-0.4, -0.2) is 104 Å². The number of ether oxygens (including phenoxy) is 1. The Bertz CT molecular complexity index is 524. The number of carbonyl (C=O) groups is 1. The molecule has 0 spiro atoms. The van der Waals surface area contributed by atoms with Gasteiger partial charge in [0.15, 0.2) is 5.96 Å². The van der Waals surface area contributed by atoms with Crippen LogP contribution >= 0.6 is 24.0 Å². The molecule has 0 atom stereocenters. The number of rotatable bonds is 6. The normalized spacial score (nSPS) is 19.9. The molecule has 2 heterocycles. The van der Waals surface area contributed by atoms with Crippen molar-refractivity contribution in [3.05, 3.63) is 0 Å². The van der Waals surface area contributed by atoms with Crippen LogP contribution in [0, 0.1) is 0 Å². The lowest BCUT2D eigenvalue weighted by molar-refractivity contribution is 0.0147. The van der Waals surface area contributed by atoms with Gasteiger partial charge in [0.25, 0.3) is 0 Å². The summed E-state index contributed by atoms with van der Waals surface area (Å²) in [4.78, 5) is 23.3. The summed E-state index contributed by atoms with van der Waals surface area (Å²) < 4.78 is 5.46. The van der Waals surface area contributed by atoms with E-state index in [0.717, 1.165) is 45.2 Å². The molecule has 2 aliphatic heterocycles. The van der Waals surface area contributed by atoms with Gasteiger partial charge < -0.3 is 25.2 Å². The number of nitrogens with one attached hydrogen (secondary N) is 2. The first kappa shape index (κ1) is 27.2. The highest BCUT2D eigenvalue weighted by atomic mass is 127. The van der Waals surface area contributed by atoms with Crippen molar-refractivity contribution in [2.75, 3.05) is 66.0 Å². The summed E-state index contributed by atoms with van der Waals surface area (Å²) in [5.41, 5.74) is -0.437. The Hall–Kier alpha value is -0.810. The number of likely N-dealkylation sites (tertiary alicyclic amines) is 1. The molecule has 2 saturated heterocycles. The predicted molar refractivity (Wildman–Crippen MR) is 134 cm³/mol. The molecule has 2 fully saturated rings. The third-order valence-corrected chi connectivity index (χ3v) is 5.44. The van der Waals surface area contributed by atoms with Crippen molar-refractivity contribution in [1.82, 2.24) is 25.3 Å². The number of aliphatic imine (C=N–C) groups is 1. The molecule has 9 heteroatoms. The molecule has 0 saturated carbocycles. The molecule has 2 N–H and O–H groups in total. The van der Waals surface area contributed by atoms with Crippen LogP contribution in [0.25, 0.3) is 0 Å². The third kappa shape index (κ3) is 10.00. The van der Waals surface area contributed by atoms with E-state index < -0.39 is 5.60 Å². The molecule has 8 nitrogen and oxygen atoms in total. The molecule has 30 heavy (non-hydrogen) atoms. The minimum absolute atomic E-state index is 0. The van der Waals surface area contributed by atoms with Gasteiger partial charge in [0.1, 0.15) is 5.60 Å². The van der Waals surface area contributed by atoms with E-state index in [9.17, 15) is 4.79 Å². The molecular formula is C21H43IN6O2. The van der Waals surface area contributed by atoms with E-state index in [4.69, 9.17) is 4.74 Å². The van der Waals surface area contributed by atoms with Gasteiger partial charge in [-0.2, -0.15) is 0 Å². The molecule has 2 aliphatic rings. The maximum atomic E-state index is 12.2. The molecule has 1 amide bonds. The number of carbonyl (C=O) groups excluding carboxylic acids is 1. The SMILES string of the molecule is CCCN1CCC(NC(=NC)NCCN2CCN(C(=O)OC(C)(C)C)CC2)CC1.I. The summed E-state index contributed by atoms with van der Waals surface area (Å²) in [6.07, 6.45) is 3.37. The number of guanidine groups is 1. The lowest BCUT2D eigenvalue weighted by atomic mass is 10.1. The van der Waals surface area contributed by atoms with Crippen LogP contribution in [0.2, 0.25) is 0 Å². The quantitative estimate of drug-likeness (QED) is 0.307. The van der Waals surface area contributed by atoms with E-state index in [2.05, 4.69) is 32.3 Å². The molecule has 176 valence electrons. The molecular weight excluding hydrogens is 495 g/mol. The van der Waals surface area contributed by atoms with Crippen LogP contribution in [0.3, 0.4) is 0 Å². The van der Waals surface area contributed by atoms with E-state index in [1.165, 1.54) is 38.9 Å². The Morgan fingerprint density at radius 3 is 2.17 bits per heavy atom. The summed E-state index contributed by atoms with van der Waals surface area (Å²) in [7, 11) is 1.83. The number of piperidine rings is 1. The Balaban J connectivity index is 0.00000450. The first-order valence-corrected chi connectivity index (χ1v) is 11.2. The molecule has 0 aromatic heterocycles. The van der Waals surface area contributed by atoms with E-state index in [0.29, 0.717) is 6.04 Å². The Kier molecular flexibility index (Phi) is 12.3. The fourth-order valence-corrected chi connectivity index (χ4v) is 3.82. The van der Waals surface area contributed by atoms with Gasteiger partial charge in [-0.1, -0.05) is 6.92 Å². The lowest BCUT2D eigenvalue weighted by Gasteiger charge is -2.35. The van der Waals surface area contributed by atoms with Gasteiger partial charge in [0.05, 0.1) is 0 Å². The summed E-state index contributed by atoms with van der Waals surface area (Å²) >= 11 is 0. The largest absolute Gasteiger partial charge is 0.444 e. The van der Waals surface area contributed by atoms with E-state index >= 15 is 0 Å². The zero-order chi connectivity index (χ0) is 21.3. The van der Waals surface area contributed by atoms with Crippen LogP contribution < -0.4 is 10.6 Å². The minimum Gasteiger partial charge on any atom is -0.444 e. The minimum atomic E-state index is -0.437. The number of hydrogen-bond acceptors (Lipinski definition) is 5. The summed E-state index contributed by atoms with van der Waals surface area (Å²) in [6, 6.07) is 0.506. The zero-order valence-electron chi connectivity index (χ0n) is 19.6. The smallest absolute Gasteiger partial charge is 0.410 e. The third-order valence-electron chi connectivity index (χ3n) is 5.44. The fraction of sp³-hybridized carbons (Fsp3) is 0.905. The molecule has 0 unspecified atom stereocenters. The van der Waals surface area contributed by atoms with Crippen LogP contribution in [0.5, 0.6) is 0 Å². The van der Waals surface area contributed by atoms with Crippen molar-refractivity contribution in [1.29, 1.82) is 0 Å². The van der Waals surface area contributed by atoms with Crippen molar-refractivity contribution >= 4 is 36.0 Å². The average molecular weight is 539 g/mol. The molecule has 0 aliphatic carbocycles. The zero-order valence-corrected chi connectivity index (χ0v) is 21.9. The van der Waals surface area contributed by atoms with E-state index in [-0.39, 0.29) is 30.1 Å². The standard InChI is InChI=1S/C21H42N6O2.HI/c1-6-10-25-11-7-18(8-12-25)24-19(22-5)23-9-13-26-14-16-27(17-15-26)20(28)29-21(2,3)4;/h18H,6-17H2,1-5H3,(H2,22,23,24);1H.